The van der Waals surface area contributed by atoms with Crippen molar-refractivity contribution in [1.82, 2.24) is 15.1 Å². The quantitative estimate of drug-likeness (QED) is 0.781. The van der Waals surface area contributed by atoms with Gasteiger partial charge in [-0.05, 0) is 24.3 Å². The van der Waals surface area contributed by atoms with E-state index in [2.05, 4.69) is 21.2 Å². The first-order valence-electron chi connectivity index (χ1n) is 8.52. The van der Waals surface area contributed by atoms with Crippen molar-refractivity contribution in [1.29, 1.82) is 0 Å². The summed E-state index contributed by atoms with van der Waals surface area (Å²) in [6.45, 7) is 2.85. The molecule has 1 aliphatic rings. The molecule has 26 heavy (non-hydrogen) atoms. The molecule has 7 heteroatoms. The third-order valence-corrected chi connectivity index (χ3v) is 4.57. The first-order chi connectivity index (χ1) is 12.7. The number of hydrogen-bond donors (Lipinski definition) is 1. The maximum absolute atomic E-state index is 12.7. The van der Waals surface area contributed by atoms with E-state index in [4.69, 9.17) is 9.15 Å². The summed E-state index contributed by atoms with van der Waals surface area (Å²) >= 11 is 0. The third-order valence-electron chi connectivity index (χ3n) is 4.57. The van der Waals surface area contributed by atoms with Crippen molar-refractivity contribution in [3.05, 3.63) is 54.4 Å². The van der Waals surface area contributed by atoms with E-state index < -0.39 is 0 Å². The van der Waals surface area contributed by atoms with Crippen molar-refractivity contribution < 1.29 is 13.9 Å². The number of methoxy groups -OCH3 is 1. The maximum Gasteiger partial charge on any atom is 0.274 e. The van der Waals surface area contributed by atoms with Crippen molar-refractivity contribution in [3.63, 3.8) is 0 Å². The molecule has 3 aromatic rings. The summed E-state index contributed by atoms with van der Waals surface area (Å²) in [5.41, 5.74) is 2.22. The molecule has 134 valence electrons. The zero-order chi connectivity index (χ0) is 17.9. The molecule has 0 aliphatic carbocycles. The molecule has 0 bridgehead atoms. The van der Waals surface area contributed by atoms with Gasteiger partial charge in [-0.15, -0.1) is 0 Å². The van der Waals surface area contributed by atoms with Crippen molar-refractivity contribution in [3.8, 4) is 17.2 Å². The Balaban J connectivity index is 1.40. The Hall–Kier alpha value is -3.22. The van der Waals surface area contributed by atoms with Crippen molar-refractivity contribution in [2.75, 3.05) is 38.2 Å². The summed E-state index contributed by atoms with van der Waals surface area (Å²) in [6, 6.07) is 13.3. The fourth-order valence-electron chi connectivity index (χ4n) is 3.13. The zero-order valence-corrected chi connectivity index (χ0v) is 14.5. The van der Waals surface area contributed by atoms with E-state index in [0.29, 0.717) is 30.2 Å². The lowest BCUT2D eigenvalue weighted by Gasteiger charge is -2.35. The van der Waals surface area contributed by atoms with Crippen LogP contribution >= 0.6 is 0 Å². The van der Waals surface area contributed by atoms with Gasteiger partial charge in [-0.1, -0.05) is 6.07 Å². The number of anilines is 1. The number of H-pyrrole nitrogens is 1. The van der Waals surface area contributed by atoms with E-state index in [-0.39, 0.29) is 5.91 Å². The summed E-state index contributed by atoms with van der Waals surface area (Å²) < 4.78 is 10.6. The Morgan fingerprint density at radius 1 is 1.15 bits per heavy atom. The second kappa shape index (κ2) is 6.95. The van der Waals surface area contributed by atoms with Gasteiger partial charge in [-0.25, -0.2) is 0 Å². The van der Waals surface area contributed by atoms with Gasteiger partial charge in [0.1, 0.15) is 11.4 Å². The molecule has 1 aliphatic heterocycles. The molecule has 2 aromatic heterocycles. The lowest BCUT2D eigenvalue weighted by molar-refractivity contribution is 0.0741. The number of hydrogen-bond acceptors (Lipinski definition) is 5. The second-order valence-electron chi connectivity index (χ2n) is 6.12. The highest BCUT2D eigenvalue weighted by Gasteiger charge is 2.24. The Bertz CT molecular complexity index is 880. The van der Waals surface area contributed by atoms with Gasteiger partial charge >= 0.3 is 0 Å². The third kappa shape index (κ3) is 3.15. The van der Waals surface area contributed by atoms with Gasteiger partial charge in [-0.3, -0.25) is 9.89 Å². The molecule has 0 spiro atoms. The monoisotopic (exact) mass is 352 g/mol. The fourth-order valence-corrected chi connectivity index (χ4v) is 3.13. The van der Waals surface area contributed by atoms with Crippen LogP contribution in [0.2, 0.25) is 0 Å². The maximum atomic E-state index is 12.7. The molecular weight excluding hydrogens is 332 g/mol. The standard InChI is InChI=1S/C19H20N4O3/c1-25-15-5-2-4-14(12-15)22-7-9-23(10-8-22)19(24)17-13-16(20-21-17)18-6-3-11-26-18/h2-6,11-13H,7-10H2,1H3,(H,20,21). The van der Waals surface area contributed by atoms with Crippen LogP contribution in [0.15, 0.2) is 53.1 Å². The molecule has 0 atom stereocenters. The molecule has 0 radical (unpaired) electrons. The number of ether oxygens (including phenoxy) is 1. The van der Waals surface area contributed by atoms with Gasteiger partial charge in [-0.2, -0.15) is 5.10 Å². The number of benzene rings is 1. The van der Waals surface area contributed by atoms with Gasteiger partial charge in [0.2, 0.25) is 0 Å². The Morgan fingerprint density at radius 3 is 2.73 bits per heavy atom. The van der Waals surface area contributed by atoms with Crippen LogP contribution < -0.4 is 9.64 Å². The number of furan rings is 1. The number of carbonyl (C=O) groups excluding carboxylic acids is 1. The number of amides is 1. The summed E-state index contributed by atoms with van der Waals surface area (Å²) in [4.78, 5) is 16.8. The molecular formula is C19H20N4O3. The minimum Gasteiger partial charge on any atom is -0.497 e. The van der Waals surface area contributed by atoms with Crippen LogP contribution in [0.5, 0.6) is 5.75 Å². The molecule has 3 heterocycles. The first kappa shape index (κ1) is 16.3. The SMILES string of the molecule is COc1cccc(N2CCN(C(=O)c3cc(-c4ccco4)[nH]n3)CC2)c1. The molecule has 7 nitrogen and oxygen atoms in total. The number of nitrogens with one attached hydrogen (secondary N) is 1. The fraction of sp³-hybridized carbons (Fsp3) is 0.263. The van der Waals surface area contributed by atoms with Gasteiger partial charge in [0.05, 0.1) is 13.4 Å². The zero-order valence-electron chi connectivity index (χ0n) is 14.5. The Labute approximate surface area is 151 Å². The number of nitrogens with zero attached hydrogens (tertiary/aromatic N) is 3. The van der Waals surface area contributed by atoms with Gasteiger partial charge in [0.15, 0.2) is 11.5 Å². The second-order valence-corrected chi connectivity index (χ2v) is 6.12. The highest BCUT2D eigenvalue weighted by molar-refractivity contribution is 5.93. The minimum absolute atomic E-state index is 0.0654. The van der Waals surface area contributed by atoms with E-state index in [1.165, 1.54) is 0 Å². The van der Waals surface area contributed by atoms with Crippen molar-refractivity contribution >= 4 is 11.6 Å². The summed E-state index contributed by atoms with van der Waals surface area (Å²) in [5, 5.41) is 7.00. The van der Waals surface area contributed by atoms with Crippen LogP contribution in [0.1, 0.15) is 10.5 Å². The highest BCUT2D eigenvalue weighted by atomic mass is 16.5. The van der Waals surface area contributed by atoms with Crippen LogP contribution in [-0.4, -0.2) is 54.3 Å². The van der Waals surface area contributed by atoms with Crippen LogP contribution in [0.25, 0.3) is 11.5 Å². The average molecular weight is 352 g/mol. The number of rotatable bonds is 4. The molecule has 1 fully saturated rings. The minimum atomic E-state index is -0.0654. The molecule has 1 saturated heterocycles. The Morgan fingerprint density at radius 2 is 2.00 bits per heavy atom. The Kier molecular flexibility index (Phi) is 4.35. The van der Waals surface area contributed by atoms with Crippen LogP contribution in [-0.2, 0) is 0 Å². The van der Waals surface area contributed by atoms with E-state index in [1.54, 1.807) is 25.5 Å². The van der Waals surface area contributed by atoms with Gasteiger partial charge in [0, 0.05) is 44.0 Å². The lowest BCUT2D eigenvalue weighted by atomic mass is 10.2. The number of carbonyl (C=O) groups is 1. The van der Waals surface area contributed by atoms with Gasteiger partial charge in [0.25, 0.3) is 5.91 Å². The largest absolute Gasteiger partial charge is 0.497 e. The first-order valence-corrected chi connectivity index (χ1v) is 8.52. The van der Waals surface area contributed by atoms with Gasteiger partial charge < -0.3 is 19.0 Å². The molecule has 1 amide bonds. The summed E-state index contributed by atoms with van der Waals surface area (Å²) in [7, 11) is 1.66. The predicted molar refractivity (Wildman–Crippen MR) is 97.4 cm³/mol. The van der Waals surface area contributed by atoms with E-state index >= 15 is 0 Å². The molecule has 4 rings (SSSR count). The molecule has 0 saturated carbocycles. The predicted octanol–water partition coefficient (Wildman–Crippen LogP) is 2.64. The summed E-state index contributed by atoms with van der Waals surface area (Å²) in [5.74, 6) is 1.44. The molecule has 1 aromatic carbocycles. The van der Waals surface area contributed by atoms with Crippen molar-refractivity contribution in [2.45, 2.75) is 0 Å². The number of aromatic amines is 1. The summed E-state index contributed by atoms with van der Waals surface area (Å²) in [6.07, 6.45) is 1.59. The molecule has 0 unspecified atom stereocenters. The average Bonchev–Trinajstić information content (AvgIpc) is 3.39. The van der Waals surface area contributed by atoms with E-state index in [9.17, 15) is 4.79 Å². The highest BCUT2D eigenvalue weighted by Crippen LogP contribution is 2.23. The van der Waals surface area contributed by atoms with Crippen LogP contribution in [0.3, 0.4) is 0 Å². The molecule has 1 N–H and O–H groups in total. The van der Waals surface area contributed by atoms with E-state index in [0.717, 1.165) is 24.5 Å². The van der Waals surface area contributed by atoms with Crippen molar-refractivity contribution in [2.24, 2.45) is 0 Å². The normalized spacial score (nSPS) is 14.5. The van der Waals surface area contributed by atoms with E-state index in [1.807, 2.05) is 29.2 Å². The number of piperazine rings is 1. The number of aromatic nitrogens is 2. The smallest absolute Gasteiger partial charge is 0.274 e. The van der Waals surface area contributed by atoms with Crippen LogP contribution in [0, 0.1) is 0 Å². The topological polar surface area (TPSA) is 74.6 Å². The van der Waals surface area contributed by atoms with Crippen LogP contribution in [0.4, 0.5) is 5.69 Å². The lowest BCUT2D eigenvalue weighted by Crippen LogP contribution is -2.48.